The van der Waals surface area contributed by atoms with Gasteiger partial charge in [-0.2, -0.15) is 0 Å². The summed E-state index contributed by atoms with van der Waals surface area (Å²) in [6.45, 7) is 39.8. The van der Waals surface area contributed by atoms with Crippen LogP contribution in [0.1, 0.15) is 41.5 Å². The Hall–Kier alpha value is 1.73. The van der Waals surface area contributed by atoms with Gasteiger partial charge in [-0.1, -0.05) is 107 Å². The monoisotopic (exact) mass is 440 g/mol. The molecule has 0 rings (SSSR count). The fraction of sp³-hybridized carbons (Fsp3) is 1.00. The van der Waals surface area contributed by atoms with Crippen LogP contribution in [0.15, 0.2) is 0 Å². The van der Waals surface area contributed by atoms with E-state index in [1.54, 1.807) is 0 Å². The van der Waals surface area contributed by atoms with Crippen LogP contribution in [-0.2, 0) is 0 Å². The molecular weight excluding hydrogens is 390 g/mol. The summed E-state index contributed by atoms with van der Waals surface area (Å²) in [5, 5.41) is 1.18. The summed E-state index contributed by atoms with van der Waals surface area (Å²) in [6, 6.07) is 0. The minimum atomic E-state index is -0.951. The lowest BCUT2D eigenvalue weighted by molar-refractivity contribution is 0.736. The molecule has 0 aromatic heterocycles. The molecule has 2 atom stereocenters. The van der Waals surface area contributed by atoms with Gasteiger partial charge in [0.15, 0.2) is 0 Å². The molecule has 0 saturated heterocycles. The lowest BCUT2D eigenvalue weighted by atomic mass is 10.2. The van der Waals surface area contributed by atoms with Crippen molar-refractivity contribution in [1.82, 2.24) is 0 Å². The fourth-order valence-electron chi connectivity index (χ4n) is 2.25. The molecule has 0 amide bonds. The Morgan fingerprint density at radius 3 is 0.625 bits per heavy atom. The maximum atomic E-state index is 2.56. The third-order valence-corrected chi connectivity index (χ3v) is 52.9. The van der Waals surface area contributed by atoms with Crippen LogP contribution in [0.3, 0.4) is 0 Å². The van der Waals surface area contributed by atoms with Gasteiger partial charge in [0.25, 0.3) is 0 Å². The van der Waals surface area contributed by atoms with Crippen molar-refractivity contribution < 1.29 is 0 Å². The van der Waals surface area contributed by atoms with E-state index >= 15 is 0 Å². The van der Waals surface area contributed by atoms with Gasteiger partial charge < -0.3 is 0 Å². The molecule has 2 unspecified atom stereocenters. The van der Waals surface area contributed by atoms with E-state index in [2.05, 4.69) is 107 Å². The molecule has 0 aromatic rings. The Bertz CT molecular complexity index is 340. The largest absolute Gasteiger partial charge is 0.144 e. The van der Waals surface area contributed by atoms with E-state index in [4.69, 9.17) is 0 Å². The van der Waals surface area contributed by atoms with Gasteiger partial charge in [0.2, 0.25) is 0 Å². The van der Waals surface area contributed by atoms with Crippen LogP contribution < -0.4 is 0 Å². The lowest BCUT2D eigenvalue weighted by Crippen LogP contribution is -2.37. The van der Waals surface area contributed by atoms with Crippen LogP contribution in [0.4, 0.5) is 0 Å². The average molecular weight is 441 g/mol. The summed E-state index contributed by atoms with van der Waals surface area (Å²) in [5.41, 5.74) is 0. The zero-order valence-electron chi connectivity index (χ0n) is 20.0. The van der Waals surface area contributed by atoms with Crippen LogP contribution in [0.25, 0.3) is 0 Å². The smallest absolute Gasteiger partial charge is 0.0731 e. The van der Waals surface area contributed by atoms with Gasteiger partial charge >= 0.3 is 0 Å². The van der Waals surface area contributed by atoms with E-state index in [1.165, 1.54) is 15.4 Å². The summed E-state index contributed by atoms with van der Waals surface area (Å²) >= 11 is 0. The molecule has 0 aromatic carbocycles. The maximum absolute atomic E-state index is 2.56. The Balaban J connectivity index is 0. The molecule has 0 aliphatic rings. The Kier molecular flexibility index (Phi) is 10.3. The number of hydrogen-bond acceptors (Lipinski definition) is 0. The fourth-order valence-corrected chi connectivity index (χ4v) is 60.8. The predicted octanol–water partition coefficient (Wildman–Crippen LogP) is 9.01. The Morgan fingerprint density at radius 1 is 0.417 bits per heavy atom. The Morgan fingerprint density at radius 2 is 0.583 bits per heavy atom. The highest BCUT2D eigenvalue weighted by molar-refractivity contribution is 8.07. The summed E-state index contributed by atoms with van der Waals surface area (Å²) in [4.78, 5) is 0. The van der Waals surface area contributed by atoms with Crippen LogP contribution in [0, 0.1) is 0 Å². The van der Waals surface area contributed by atoms with Crippen molar-refractivity contribution in [1.29, 1.82) is 0 Å². The van der Waals surface area contributed by atoms with E-state index < -0.39 is 31.0 Å². The third-order valence-electron chi connectivity index (χ3n) is 5.12. The van der Waals surface area contributed by atoms with Gasteiger partial charge in [0.1, 0.15) is 0 Å². The molecule has 0 radical (unpaired) electrons. The molecule has 0 fully saturated rings. The van der Waals surface area contributed by atoms with Crippen molar-refractivity contribution in [3.8, 4) is 0 Å². The molecule has 0 aliphatic carbocycles. The van der Waals surface area contributed by atoms with Crippen molar-refractivity contribution in [2.24, 2.45) is 0 Å². The van der Waals surface area contributed by atoms with Gasteiger partial charge in [0, 0.05) is 0 Å². The highest BCUT2D eigenvalue weighted by Gasteiger charge is 2.39. The van der Waals surface area contributed by atoms with E-state index in [1.807, 2.05) is 0 Å². The SMILES string of the molecule is CC(C)(C)[Si](C)(C)P[Si](C)(C)C.CC(C)(C)[Si](C)(C)P[Si](C)(C)C. The minimum Gasteiger partial charge on any atom is -0.144 e. The molecule has 0 N–H and O–H groups in total. The van der Waals surface area contributed by atoms with Crippen molar-refractivity contribution in [3.63, 3.8) is 0 Å². The third kappa shape index (κ3) is 12.2. The highest BCUT2D eigenvalue weighted by Crippen LogP contribution is 2.51. The second-order valence-electron chi connectivity index (χ2n) is 12.5. The van der Waals surface area contributed by atoms with Crippen molar-refractivity contribution in [2.75, 3.05) is 0 Å². The summed E-state index contributed by atoms with van der Waals surface area (Å²) < 4.78 is 0. The zero-order chi connectivity index (χ0) is 20.4. The standard InChI is InChI=1S/2C9H25PSi2/c2*1-9(2,3)12(7,8)10-11(4,5)6/h2*10H,1-8H3. The molecule has 24 heavy (non-hydrogen) atoms. The van der Waals surface area contributed by atoms with Gasteiger partial charge in [-0.25, -0.2) is 0 Å². The van der Waals surface area contributed by atoms with E-state index in [0.29, 0.717) is 10.1 Å². The second-order valence-corrected chi connectivity index (χ2v) is 54.0. The molecule has 0 spiro atoms. The first-order valence-corrected chi connectivity index (χ1v) is 28.5. The van der Waals surface area contributed by atoms with Gasteiger partial charge in [-0.3, -0.25) is 0 Å². The molecular formula is C18H50P2Si4. The topological polar surface area (TPSA) is 0 Å². The van der Waals surface area contributed by atoms with Gasteiger partial charge in [0.05, 0.1) is 31.0 Å². The minimum absolute atomic E-state index is 0.589. The first-order valence-electron chi connectivity index (χ1n) is 9.50. The van der Waals surface area contributed by atoms with Crippen LogP contribution >= 0.6 is 15.4 Å². The van der Waals surface area contributed by atoms with Crippen LogP contribution in [0.2, 0.25) is 75.5 Å². The second kappa shape index (κ2) is 8.82. The number of rotatable bonds is 4. The average Bonchev–Trinajstić information content (AvgIpc) is 2.05. The maximum Gasteiger partial charge on any atom is 0.0731 e. The van der Waals surface area contributed by atoms with Gasteiger partial charge in [-0.15, -0.1) is 15.4 Å². The number of hydrogen-bond donors (Lipinski definition) is 0. The highest BCUT2D eigenvalue weighted by atomic mass is 31.6. The molecule has 0 aliphatic heterocycles. The summed E-state index contributed by atoms with van der Waals surface area (Å²) in [6.07, 6.45) is 0. The molecule has 148 valence electrons. The summed E-state index contributed by atoms with van der Waals surface area (Å²) in [7, 11) is -0.933. The zero-order valence-corrected chi connectivity index (χ0v) is 26.0. The van der Waals surface area contributed by atoms with E-state index in [-0.39, 0.29) is 0 Å². The molecule has 6 heteroatoms. The molecule has 0 saturated carbocycles. The summed E-state index contributed by atoms with van der Waals surface area (Å²) in [5.74, 6) is 0. The van der Waals surface area contributed by atoms with Crippen molar-refractivity contribution in [3.05, 3.63) is 0 Å². The molecule has 0 bridgehead atoms. The van der Waals surface area contributed by atoms with E-state index in [0.717, 1.165) is 0 Å². The van der Waals surface area contributed by atoms with Crippen molar-refractivity contribution >= 4 is 46.3 Å². The van der Waals surface area contributed by atoms with E-state index in [9.17, 15) is 0 Å². The quantitative estimate of drug-likeness (QED) is 0.302. The molecule has 0 heterocycles. The first-order chi connectivity index (χ1) is 9.91. The molecule has 0 nitrogen and oxygen atoms in total. The van der Waals surface area contributed by atoms with Gasteiger partial charge in [-0.05, 0) is 10.1 Å². The predicted molar refractivity (Wildman–Crippen MR) is 138 cm³/mol. The Labute approximate surface area is 163 Å². The van der Waals surface area contributed by atoms with Crippen molar-refractivity contribution in [2.45, 2.75) is 117 Å². The van der Waals surface area contributed by atoms with Crippen LogP contribution in [-0.4, -0.2) is 31.0 Å². The lowest BCUT2D eigenvalue weighted by Gasteiger charge is -2.40. The normalized spacial score (nSPS) is 16.0. The first kappa shape index (κ1) is 27.9. The van der Waals surface area contributed by atoms with Crippen LogP contribution in [0.5, 0.6) is 0 Å².